The molecule has 2 rings (SSSR count). The lowest BCUT2D eigenvalue weighted by Crippen LogP contribution is -2.42. The van der Waals surface area contributed by atoms with E-state index in [1.54, 1.807) is 12.4 Å². The monoisotopic (exact) mass is 266 g/mol. The molecule has 4 nitrogen and oxygen atoms in total. The highest BCUT2D eigenvalue weighted by molar-refractivity contribution is 6.16. The molecular formula is C13H19ClN4. The van der Waals surface area contributed by atoms with Crippen molar-refractivity contribution in [1.29, 1.82) is 0 Å². The number of nitrogens with zero attached hydrogens (tertiary/aromatic N) is 4. The Balaban J connectivity index is 2.49. The van der Waals surface area contributed by atoms with Crippen molar-refractivity contribution in [3.63, 3.8) is 0 Å². The second kappa shape index (κ2) is 4.86. The standard InChI is InChI=1S/C13H19ClN4/c1-13(2,17(3)4)9-18-11-5-6-15-8-10(11)16-12(18)7-14/h5-6,8H,7,9H2,1-4H3. The topological polar surface area (TPSA) is 34.0 Å². The Morgan fingerprint density at radius 1 is 1.39 bits per heavy atom. The van der Waals surface area contributed by atoms with E-state index in [0.29, 0.717) is 5.88 Å². The Hall–Kier alpha value is -1.13. The first-order chi connectivity index (χ1) is 8.45. The number of imidazole rings is 1. The Kier molecular flexibility index (Phi) is 3.59. The van der Waals surface area contributed by atoms with E-state index in [0.717, 1.165) is 23.4 Å². The highest BCUT2D eigenvalue weighted by Crippen LogP contribution is 2.21. The number of hydrogen-bond acceptors (Lipinski definition) is 3. The smallest absolute Gasteiger partial charge is 0.124 e. The van der Waals surface area contributed by atoms with Crippen molar-refractivity contribution in [2.45, 2.75) is 31.8 Å². The van der Waals surface area contributed by atoms with Gasteiger partial charge in [0.25, 0.3) is 0 Å². The van der Waals surface area contributed by atoms with Gasteiger partial charge in [-0.3, -0.25) is 4.98 Å². The first-order valence-electron chi connectivity index (χ1n) is 5.98. The molecule has 2 aromatic heterocycles. The predicted octanol–water partition coefficient (Wildman–Crippen LogP) is 2.51. The van der Waals surface area contributed by atoms with Crippen LogP contribution in [0.3, 0.4) is 0 Å². The molecule has 2 aromatic rings. The number of alkyl halides is 1. The minimum atomic E-state index is 0.0394. The van der Waals surface area contributed by atoms with E-state index < -0.39 is 0 Å². The largest absolute Gasteiger partial charge is 0.325 e. The fourth-order valence-corrected chi connectivity index (χ4v) is 2.04. The molecule has 5 heteroatoms. The fourth-order valence-electron chi connectivity index (χ4n) is 1.84. The summed E-state index contributed by atoms with van der Waals surface area (Å²) in [6.07, 6.45) is 3.58. The minimum absolute atomic E-state index is 0.0394. The number of rotatable bonds is 4. The van der Waals surface area contributed by atoms with E-state index in [1.807, 2.05) is 6.07 Å². The molecule has 18 heavy (non-hydrogen) atoms. The van der Waals surface area contributed by atoms with E-state index in [4.69, 9.17) is 11.6 Å². The lowest BCUT2D eigenvalue weighted by atomic mass is 10.0. The summed E-state index contributed by atoms with van der Waals surface area (Å²) in [7, 11) is 4.17. The summed E-state index contributed by atoms with van der Waals surface area (Å²) in [6.45, 7) is 5.26. The van der Waals surface area contributed by atoms with Gasteiger partial charge in [0.15, 0.2) is 0 Å². The van der Waals surface area contributed by atoms with Gasteiger partial charge >= 0.3 is 0 Å². The van der Waals surface area contributed by atoms with Gasteiger partial charge in [-0.25, -0.2) is 4.98 Å². The number of fused-ring (bicyclic) bond motifs is 1. The van der Waals surface area contributed by atoms with Gasteiger partial charge in [-0.05, 0) is 34.0 Å². The van der Waals surface area contributed by atoms with Crippen molar-refractivity contribution in [3.05, 3.63) is 24.3 Å². The zero-order chi connectivity index (χ0) is 13.3. The fraction of sp³-hybridized carbons (Fsp3) is 0.538. The van der Waals surface area contributed by atoms with Crippen LogP contribution in [0.2, 0.25) is 0 Å². The third kappa shape index (κ3) is 2.35. The van der Waals surface area contributed by atoms with Crippen LogP contribution in [0.4, 0.5) is 0 Å². The van der Waals surface area contributed by atoms with Crippen LogP contribution in [0.5, 0.6) is 0 Å². The maximum atomic E-state index is 5.99. The molecular weight excluding hydrogens is 248 g/mol. The second-order valence-corrected chi connectivity index (χ2v) is 5.59. The van der Waals surface area contributed by atoms with Gasteiger partial charge in [0.1, 0.15) is 11.3 Å². The molecule has 0 aliphatic heterocycles. The lowest BCUT2D eigenvalue weighted by Gasteiger charge is -2.33. The molecule has 0 spiro atoms. The van der Waals surface area contributed by atoms with Gasteiger partial charge in [0.05, 0.1) is 17.6 Å². The molecule has 0 bridgehead atoms. The molecule has 0 radical (unpaired) electrons. The Morgan fingerprint density at radius 2 is 2.11 bits per heavy atom. The number of hydrogen-bond donors (Lipinski definition) is 0. The Labute approximate surface area is 113 Å². The minimum Gasteiger partial charge on any atom is -0.325 e. The summed E-state index contributed by atoms with van der Waals surface area (Å²) in [4.78, 5) is 10.8. The summed E-state index contributed by atoms with van der Waals surface area (Å²) in [6, 6.07) is 1.99. The summed E-state index contributed by atoms with van der Waals surface area (Å²) in [5, 5.41) is 0. The van der Waals surface area contributed by atoms with Gasteiger partial charge in [0, 0.05) is 18.3 Å². The van der Waals surface area contributed by atoms with Crippen LogP contribution in [0.1, 0.15) is 19.7 Å². The molecule has 0 atom stereocenters. The van der Waals surface area contributed by atoms with Crippen LogP contribution >= 0.6 is 11.6 Å². The summed E-state index contributed by atoms with van der Waals surface area (Å²) >= 11 is 5.99. The molecule has 0 saturated heterocycles. The molecule has 0 fully saturated rings. The van der Waals surface area contributed by atoms with Crippen LogP contribution in [-0.2, 0) is 12.4 Å². The van der Waals surface area contributed by atoms with Crippen LogP contribution in [0, 0.1) is 0 Å². The number of pyridine rings is 1. The van der Waals surface area contributed by atoms with Crippen molar-refractivity contribution in [3.8, 4) is 0 Å². The SMILES string of the molecule is CN(C)C(C)(C)Cn1c(CCl)nc2cnccc21. The molecule has 0 unspecified atom stereocenters. The number of aromatic nitrogens is 3. The first-order valence-corrected chi connectivity index (χ1v) is 6.51. The summed E-state index contributed by atoms with van der Waals surface area (Å²) in [5.41, 5.74) is 2.04. The summed E-state index contributed by atoms with van der Waals surface area (Å²) in [5.74, 6) is 1.31. The lowest BCUT2D eigenvalue weighted by molar-refractivity contribution is 0.170. The van der Waals surface area contributed by atoms with Crippen LogP contribution in [0.25, 0.3) is 11.0 Å². The average Bonchev–Trinajstić information content (AvgIpc) is 2.67. The van der Waals surface area contributed by atoms with Gasteiger partial charge < -0.3 is 9.47 Å². The average molecular weight is 267 g/mol. The van der Waals surface area contributed by atoms with Crippen molar-refractivity contribution in [1.82, 2.24) is 19.4 Å². The molecule has 98 valence electrons. The third-order valence-corrected chi connectivity index (χ3v) is 3.74. The molecule has 0 saturated carbocycles. The maximum Gasteiger partial charge on any atom is 0.124 e. The normalized spacial score (nSPS) is 12.6. The van der Waals surface area contributed by atoms with E-state index in [1.165, 1.54) is 0 Å². The van der Waals surface area contributed by atoms with Gasteiger partial charge in [-0.2, -0.15) is 0 Å². The van der Waals surface area contributed by atoms with Gasteiger partial charge in [-0.1, -0.05) is 0 Å². The zero-order valence-electron chi connectivity index (χ0n) is 11.3. The summed E-state index contributed by atoms with van der Waals surface area (Å²) < 4.78 is 2.18. The van der Waals surface area contributed by atoms with Crippen molar-refractivity contribution in [2.75, 3.05) is 14.1 Å². The van der Waals surface area contributed by atoms with E-state index in [2.05, 4.69) is 47.4 Å². The van der Waals surface area contributed by atoms with Crippen LogP contribution < -0.4 is 0 Å². The molecule has 0 amide bonds. The highest BCUT2D eigenvalue weighted by Gasteiger charge is 2.23. The molecule has 0 aromatic carbocycles. The highest BCUT2D eigenvalue weighted by atomic mass is 35.5. The van der Waals surface area contributed by atoms with Gasteiger partial charge in [0.2, 0.25) is 0 Å². The number of likely N-dealkylation sites (N-methyl/N-ethyl adjacent to an activating group) is 1. The van der Waals surface area contributed by atoms with Crippen molar-refractivity contribution in [2.24, 2.45) is 0 Å². The number of halogens is 1. The first kappa shape index (κ1) is 13.3. The zero-order valence-corrected chi connectivity index (χ0v) is 12.1. The quantitative estimate of drug-likeness (QED) is 0.798. The van der Waals surface area contributed by atoms with E-state index in [-0.39, 0.29) is 5.54 Å². The van der Waals surface area contributed by atoms with E-state index >= 15 is 0 Å². The Morgan fingerprint density at radius 3 is 2.72 bits per heavy atom. The van der Waals surface area contributed by atoms with E-state index in [9.17, 15) is 0 Å². The molecule has 2 heterocycles. The van der Waals surface area contributed by atoms with Crippen LogP contribution in [0.15, 0.2) is 18.5 Å². The maximum absolute atomic E-state index is 5.99. The Bertz CT molecular complexity index is 545. The second-order valence-electron chi connectivity index (χ2n) is 5.32. The molecule has 0 aliphatic carbocycles. The van der Waals surface area contributed by atoms with Crippen molar-refractivity contribution < 1.29 is 0 Å². The van der Waals surface area contributed by atoms with Crippen molar-refractivity contribution >= 4 is 22.6 Å². The predicted molar refractivity (Wildman–Crippen MR) is 74.9 cm³/mol. The molecule has 0 N–H and O–H groups in total. The third-order valence-electron chi connectivity index (χ3n) is 3.50. The molecule has 0 aliphatic rings. The van der Waals surface area contributed by atoms with Crippen LogP contribution in [-0.4, -0.2) is 39.1 Å². The van der Waals surface area contributed by atoms with Gasteiger partial charge in [-0.15, -0.1) is 11.6 Å².